The van der Waals surface area contributed by atoms with Crippen molar-refractivity contribution in [2.45, 2.75) is 75.0 Å². The predicted octanol–water partition coefficient (Wildman–Crippen LogP) is 4.76. The first-order valence-electron chi connectivity index (χ1n) is 15.8. The quantitative estimate of drug-likeness (QED) is 0.350. The van der Waals surface area contributed by atoms with Crippen molar-refractivity contribution < 1.29 is 29.3 Å². The van der Waals surface area contributed by atoms with Gasteiger partial charge in [0.2, 0.25) is 5.91 Å². The van der Waals surface area contributed by atoms with Crippen molar-refractivity contribution in [3.05, 3.63) is 70.3 Å². The number of anilines is 1. The van der Waals surface area contributed by atoms with Gasteiger partial charge in [0.25, 0.3) is 0 Å². The minimum atomic E-state index is -2.18. The van der Waals surface area contributed by atoms with Crippen LogP contribution in [-0.4, -0.2) is 73.0 Å². The number of hydrogen-bond donors (Lipinski definition) is 2. The first-order valence-corrected chi connectivity index (χ1v) is 16.1. The molecule has 1 spiro atoms. The van der Waals surface area contributed by atoms with E-state index in [1.807, 2.05) is 25.1 Å². The molecule has 8 nitrogen and oxygen atoms in total. The SMILES string of the molecule is COC(=O)[C@]1(O)CC(=O)N(C)[C@H](C)C/C=C\[C@H](O)[C@@H]2CC[C@H]2CN2C[C@@]3(CCCc4cc(Cl)ccc43)COc3ccc1cc32. The normalized spacial score (nSPS) is 32.9. The molecule has 1 fully saturated rings. The molecule has 2 bridgehead atoms. The van der Waals surface area contributed by atoms with Gasteiger partial charge < -0.3 is 29.5 Å². The third-order valence-corrected chi connectivity index (χ3v) is 10.9. The maximum absolute atomic E-state index is 13.5. The zero-order chi connectivity index (χ0) is 31.2. The largest absolute Gasteiger partial charge is 0.490 e. The van der Waals surface area contributed by atoms with Crippen LogP contribution in [0.5, 0.6) is 5.75 Å². The summed E-state index contributed by atoms with van der Waals surface area (Å²) < 4.78 is 11.7. The third kappa shape index (κ3) is 5.50. The molecule has 0 radical (unpaired) electrons. The van der Waals surface area contributed by atoms with E-state index in [1.165, 1.54) is 23.1 Å². The van der Waals surface area contributed by atoms with E-state index < -0.39 is 24.1 Å². The highest BCUT2D eigenvalue weighted by molar-refractivity contribution is 6.30. The van der Waals surface area contributed by atoms with Crippen molar-refractivity contribution in [1.29, 1.82) is 0 Å². The Hall–Kier alpha value is -3.07. The first-order chi connectivity index (χ1) is 21.0. The topological polar surface area (TPSA) is 99.5 Å². The van der Waals surface area contributed by atoms with Gasteiger partial charge in [0, 0.05) is 36.6 Å². The Balaban J connectivity index is 1.47. The number of aliphatic hydroxyl groups excluding tert-OH is 1. The Morgan fingerprint density at radius 2 is 2.00 bits per heavy atom. The average molecular weight is 623 g/mol. The fraction of sp³-hybridized carbons (Fsp3) is 0.543. The summed E-state index contributed by atoms with van der Waals surface area (Å²) >= 11 is 6.41. The van der Waals surface area contributed by atoms with Gasteiger partial charge in [-0.1, -0.05) is 35.9 Å². The molecule has 2 aliphatic carbocycles. The van der Waals surface area contributed by atoms with Crippen LogP contribution in [0.2, 0.25) is 5.02 Å². The predicted molar refractivity (Wildman–Crippen MR) is 169 cm³/mol. The summed E-state index contributed by atoms with van der Waals surface area (Å²) in [7, 11) is 2.89. The smallest absolute Gasteiger partial charge is 0.343 e. The number of halogens is 1. The van der Waals surface area contributed by atoms with Gasteiger partial charge in [0.05, 0.1) is 31.9 Å². The molecule has 0 aromatic heterocycles. The molecule has 2 heterocycles. The molecule has 6 rings (SSSR count). The van der Waals surface area contributed by atoms with E-state index >= 15 is 0 Å². The van der Waals surface area contributed by atoms with Crippen LogP contribution in [0.3, 0.4) is 0 Å². The number of nitrogens with zero attached hydrogens (tertiary/aromatic N) is 2. The number of carbonyl (C=O) groups is 2. The first kappa shape index (κ1) is 30.9. The number of methoxy groups -OCH3 is 1. The summed E-state index contributed by atoms with van der Waals surface area (Å²) in [4.78, 5) is 30.5. The van der Waals surface area contributed by atoms with Crippen LogP contribution in [-0.2, 0) is 31.8 Å². The highest BCUT2D eigenvalue weighted by atomic mass is 35.5. The van der Waals surface area contributed by atoms with Gasteiger partial charge >= 0.3 is 5.97 Å². The molecule has 2 N–H and O–H groups in total. The molecule has 2 aromatic carbocycles. The Bertz CT molecular complexity index is 1460. The van der Waals surface area contributed by atoms with Crippen LogP contribution in [0.4, 0.5) is 5.69 Å². The zero-order valence-corrected chi connectivity index (χ0v) is 26.6. The summed E-state index contributed by atoms with van der Waals surface area (Å²) in [5.41, 5.74) is 1.07. The number of carbonyl (C=O) groups excluding carboxylic acids is 2. The maximum Gasteiger partial charge on any atom is 0.343 e. The molecule has 2 aliphatic heterocycles. The van der Waals surface area contributed by atoms with Gasteiger partial charge in [-0.2, -0.15) is 0 Å². The highest BCUT2D eigenvalue weighted by Gasteiger charge is 2.46. The number of hydrogen-bond acceptors (Lipinski definition) is 7. The number of benzene rings is 2. The van der Waals surface area contributed by atoms with E-state index in [9.17, 15) is 19.8 Å². The maximum atomic E-state index is 13.5. The van der Waals surface area contributed by atoms with E-state index in [0.29, 0.717) is 31.9 Å². The van der Waals surface area contributed by atoms with Gasteiger partial charge in [-0.05, 0) is 98.2 Å². The molecular weight excluding hydrogens is 580 g/mol. The summed E-state index contributed by atoms with van der Waals surface area (Å²) in [5, 5.41) is 23.8. The van der Waals surface area contributed by atoms with Gasteiger partial charge in [-0.25, -0.2) is 4.79 Å². The lowest BCUT2D eigenvalue weighted by molar-refractivity contribution is -0.168. The second kappa shape index (κ2) is 12.0. The number of esters is 1. The fourth-order valence-corrected chi connectivity index (χ4v) is 7.89. The molecule has 0 saturated heterocycles. The van der Waals surface area contributed by atoms with Crippen LogP contribution in [0.1, 0.15) is 62.1 Å². The van der Waals surface area contributed by atoms with Crippen molar-refractivity contribution in [2.75, 3.05) is 38.8 Å². The zero-order valence-electron chi connectivity index (χ0n) is 25.8. The molecule has 6 atom stereocenters. The van der Waals surface area contributed by atoms with E-state index in [2.05, 4.69) is 17.0 Å². The van der Waals surface area contributed by atoms with Crippen molar-refractivity contribution in [1.82, 2.24) is 4.90 Å². The average Bonchev–Trinajstić information content (AvgIpc) is 3.14. The van der Waals surface area contributed by atoms with Crippen molar-refractivity contribution >= 4 is 29.2 Å². The Morgan fingerprint density at radius 1 is 1.18 bits per heavy atom. The van der Waals surface area contributed by atoms with E-state index in [4.69, 9.17) is 21.1 Å². The number of aryl methyl sites for hydroxylation is 1. The second-order valence-electron chi connectivity index (χ2n) is 13.3. The lowest BCUT2D eigenvalue weighted by Gasteiger charge is -2.45. The molecule has 0 unspecified atom stereocenters. The molecule has 1 saturated carbocycles. The summed E-state index contributed by atoms with van der Waals surface area (Å²) in [6.07, 6.45) is 8.18. The number of ether oxygens (including phenoxy) is 2. The number of rotatable bonds is 1. The fourth-order valence-electron chi connectivity index (χ4n) is 7.69. The second-order valence-corrected chi connectivity index (χ2v) is 13.8. The minimum Gasteiger partial charge on any atom is -0.490 e. The Morgan fingerprint density at radius 3 is 2.75 bits per heavy atom. The molecule has 1 amide bonds. The van der Waals surface area contributed by atoms with Crippen LogP contribution >= 0.6 is 11.6 Å². The lowest BCUT2D eigenvalue weighted by Crippen LogP contribution is -2.49. The molecule has 236 valence electrons. The summed E-state index contributed by atoms with van der Waals surface area (Å²) in [6, 6.07) is 11.2. The third-order valence-electron chi connectivity index (χ3n) is 10.7. The van der Waals surface area contributed by atoms with Crippen LogP contribution in [0.25, 0.3) is 0 Å². The minimum absolute atomic E-state index is 0.116. The summed E-state index contributed by atoms with van der Waals surface area (Å²) in [6.45, 7) is 3.75. The van der Waals surface area contributed by atoms with Crippen LogP contribution < -0.4 is 9.64 Å². The molecule has 2 aromatic rings. The number of fused-ring (bicyclic) bond motifs is 4. The van der Waals surface area contributed by atoms with Crippen molar-refractivity contribution in [3.63, 3.8) is 0 Å². The lowest BCUT2D eigenvalue weighted by atomic mass is 9.68. The number of aliphatic hydroxyl groups is 2. The molecule has 9 heteroatoms. The molecule has 44 heavy (non-hydrogen) atoms. The number of amides is 1. The van der Waals surface area contributed by atoms with Crippen molar-refractivity contribution in [3.8, 4) is 5.75 Å². The van der Waals surface area contributed by atoms with E-state index in [0.717, 1.165) is 42.8 Å². The van der Waals surface area contributed by atoms with Gasteiger partial charge in [0.1, 0.15) is 5.75 Å². The standard InChI is InChI=1S/C35H43ClN2O6/c1-22-6-4-8-30(39)27-12-9-24(27)19-38-20-34(15-5-7-23-16-26(36)11-13-28(23)34)21-44-31-14-10-25(17-29(31)38)35(42,33(41)43-3)18-32(40)37(22)2/h4,8,10-11,13-14,16-17,22,24,27,30,39,42H,5-7,9,12,15,18-21H2,1-3H3/b8-4-/t22-,24+,27-,30+,34+,35+/m1/s1. The van der Waals surface area contributed by atoms with Gasteiger partial charge in [0.15, 0.2) is 5.60 Å². The molecular formula is C35H43ClN2O6. The van der Waals surface area contributed by atoms with E-state index in [1.54, 1.807) is 25.2 Å². The van der Waals surface area contributed by atoms with Crippen LogP contribution in [0.15, 0.2) is 48.6 Å². The van der Waals surface area contributed by atoms with E-state index in [-0.39, 0.29) is 34.8 Å². The van der Waals surface area contributed by atoms with Crippen LogP contribution in [0, 0.1) is 11.8 Å². The Labute approximate surface area is 264 Å². The van der Waals surface area contributed by atoms with Gasteiger partial charge in [-0.15, -0.1) is 0 Å². The molecule has 4 aliphatic rings. The Kier molecular flexibility index (Phi) is 8.46. The summed E-state index contributed by atoms with van der Waals surface area (Å²) in [5.74, 6) is -0.238. The highest BCUT2D eigenvalue weighted by Crippen LogP contribution is 2.47. The van der Waals surface area contributed by atoms with Crippen molar-refractivity contribution in [2.24, 2.45) is 11.8 Å². The van der Waals surface area contributed by atoms with Gasteiger partial charge in [-0.3, -0.25) is 4.79 Å². The monoisotopic (exact) mass is 622 g/mol.